The number of nitrogens with zero attached hydrogens (tertiary/aromatic N) is 2. The first-order valence-electron chi connectivity index (χ1n) is 5.57. The molecule has 94 valence electrons. The molecule has 0 aliphatic carbocycles. The van der Waals surface area contributed by atoms with Crippen molar-refractivity contribution in [1.29, 1.82) is 0 Å². The van der Waals surface area contributed by atoms with Gasteiger partial charge in [-0.3, -0.25) is 9.36 Å². The summed E-state index contributed by atoms with van der Waals surface area (Å²) < 4.78 is 7.99. The third-order valence-corrected chi connectivity index (χ3v) is 3.13. The summed E-state index contributed by atoms with van der Waals surface area (Å²) in [6.07, 6.45) is 2.42. The average molecular weight is 240 g/mol. The molecule has 1 aromatic rings. The summed E-state index contributed by atoms with van der Waals surface area (Å²) in [5, 5.41) is 8.99. The lowest BCUT2D eigenvalue weighted by Gasteiger charge is -2.13. The first-order chi connectivity index (χ1) is 8.04. The quantitative estimate of drug-likeness (QED) is 0.741. The molecular formula is C11H16N2O4. The van der Waals surface area contributed by atoms with Crippen LogP contribution >= 0.6 is 0 Å². The highest BCUT2D eigenvalue weighted by atomic mass is 16.5. The summed E-state index contributed by atoms with van der Waals surface area (Å²) in [5.41, 5.74) is -0.197. The standard InChI is InChI=1S/C11H16N2O4/c1-12-5-8(10(15)13(2)11(12)16)9-4-3-7(6-14)17-9/h5,7,9,14H,3-4,6H2,1-2H3. The van der Waals surface area contributed by atoms with Crippen molar-refractivity contribution in [2.24, 2.45) is 14.1 Å². The smallest absolute Gasteiger partial charge is 0.330 e. The van der Waals surface area contributed by atoms with Crippen molar-refractivity contribution in [1.82, 2.24) is 9.13 Å². The minimum absolute atomic E-state index is 0.0391. The molecule has 1 aliphatic heterocycles. The van der Waals surface area contributed by atoms with E-state index >= 15 is 0 Å². The second-order valence-electron chi connectivity index (χ2n) is 4.35. The molecule has 1 saturated heterocycles. The SMILES string of the molecule is Cn1cc(C2CCC(CO)O2)c(=O)n(C)c1=O. The van der Waals surface area contributed by atoms with E-state index < -0.39 is 0 Å². The lowest BCUT2D eigenvalue weighted by molar-refractivity contribution is 0.00992. The van der Waals surface area contributed by atoms with Crippen molar-refractivity contribution in [3.63, 3.8) is 0 Å². The molecule has 0 aromatic carbocycles. The Morgan fingerprint density at radius 2 is 2.12 bits per heavy atom. The third-order valence-electron chi connectivity index (χ3n) is 3.13. The molecule has 17 heavy (non-hydrogen) atoms. The van der Waals surface area contributed by atoms with Crippen LogP contribution in [0.25, 0.3) is 0 Å². The van der Waals surface area contributed by atoms with Gasteiger partial charge in [-0.15, -0.1) is 0 Å². The fourth-order valence-electron chi connectivity index (χ4n) is 2.13. The van der Waals surface area contributed by atoms with E-state index in [0.29, 0.717) is 12.0 Å². The Balaban J connectivity index is 2.41. The Bertz CT molecular complexity index is 531. The third kappa shape index (κ3) is 2.05. The van der Waals surface area contributed by atoms with Crippen LogP contribution in [0.5, 0.6) is 0 Å². The van der Waals surface area contributed by atoms with Gasteiger partial charge < -0.3 is 14.4 Å². The van der Waals surface area contributed by atoms with Crippen LogP contribution < -0.4 is 11.2 Å². The zero-order valence-electron chi connectivity index (χ0n) is 9.92. The zero-order valence-corrected chi connectivity index (χ0v) is 9.92. The normalized spacial score (nSPS) is 24.2. The predicted molar refractivity (Wildman–Crippen MR) is 60.9 cm³/mol. The summed E-state index contributed by atoms with van der Waals surface area (Å²) in [7, 11) is 3.05. The first kappa shape index (κ1) is 12.1. The van der Waals surface area contributed by atoms with Crippen LogP contribution in [0, 0.1) is 0 Å². The van der Waals surface area contributed by atoms with Crippen LogP contribution in [0.3, 0.4) is 0 Å². The molecule has 2 rings (SSSR count). The number of hydrogen-bond acceptors (Lipinski definition) is 4. The summed E-state index contributed by atoms with van der Waals surface area (Å²) in [6, 6.07) is 0. The highest BCUT2D eigenvalue weighted by Crippen LogP contribution is 2.30. The average Bonchev–Trinajstić information content (AvgIpc) is 2.79. The van der Waals surface area contributed by atoms with Crippen LogP contribution in [-0.4, -0.2) is 27.0 Å². The van der Waals surface area contributed by atoms with Crippen molar-refractivity contribution < 1.29 is 9.84 Å². The van der Waals surface area contributed by atoms with Gasteiger partial charge >= 0.3 is 5.69 Å². The molecule has 0 radical (unpaired) electrons. The molecule has 0 bridgehead atoms. The molecule has 0 saturated carbocycles. The number of aryl methyl sites for hydroxylation is 1. The van der Waals surface area contributed by atoms with Crippen molar-refractivity contribution in [2.75, 3.05) is 6.61 Å². The largest absolute Gasteiger partial charge is 0.394 e. The Hall–Kier alpha value is -1.40. The Labute approximate surface area is 98.1 Å². The summed E-state index contributed by atoms with van der Waals surface area (Å²) in [4.78, 5) is 23.5. The Morgan fingerprint density at radius 3 is 2.71 bits per heavy atom. The molecule has 1 aromatic heterocycles. The zero-order chi connectivity index (χ0) is 12.6. The van der Waals surface area contributed by atoms with Gasteiger partial charge in [-0.25, -0.2) is 4.79 Å². The monoisotopic (exact) mass is 240 g/mol. The summed E-state index contributed by atoms with van der Waals surface area (Å²) >= 11 is 0. The van der Waals surface area contributed by atoms with E-state index in [1.54, 1.807) is 7.05 Å². The molecule has 0 amide bonds. The molecule has 2 unspecified atom stereocenters. The summed E-state index contributed by atoms with van der Waals surface area (Å²) in [5.74, 6) is 0. The lowest BCUT2D eigenvalue weighted by atomic mass is 10.1. The fourth-order valence-corrected chi connectivity index (χ4v) is 2.13. The number of aromatic nitrogens is 2. The van der Waals surface area contributed by atoms with E-state index in [0.717, 1.165) is 11.0 Å². The molecule has 1 aliphatic rings. The topological polar surface area (TPSA) is 73.5 Å². The van der Waals surface area contributed by atoms with Crippen LogP contribution in [-0.2, 0) is 18.8 Å². The van der Waals surface area contributed by atoms with Crippen molar-refractivity contribution in [2.45, 2.75) is 25.0 Å². The minimum Gasteiger partial charge on any atom is -0.394 e. The summed E-state index contributed by atoms with van der Waals surface area (Å²) in [6.45, 7) is -0.0391. The number of rotatable bonds is 2. The van der Waals surface area contributed by atoms with E-state index in [9.17, 15) is 9.59 Å². The first-order valence-corrected chi connectivity index (χ1v) is 5.57. The van der Waals surface area contributed by atoms with Gasteiger partial charge in [0.1, 0.15) is 0 Å². The maximum Gasteiger partial charge on any atom is 0.330 e. The van der Waals surface area contributed by atoms with Crippen LogP contribution in [0.4, 0.5) is 0 Å². The van der Waals surface area contributed by atoms with Gasteiger partial charge in [-0.2, -0.15) is 0 Å². The molecule has 0 spiro atoms. The van der Waals surface area contributed by atoms with Gasteiger partial charge in [0, 0.05) is 20.3 Å². The second kappa shape index (κ2) is 4.46. The molecule has 1 fully saturated rings. The van der Waals surface area contributed by atoms with E-state index in [-0.39, 0.29) is 30.1 Å². The molecule has 6 nitrogen and oxygen atoms in total. The molecule has 2 heterocycles. The minimum atomic E-state index is -0.351. The van der Waals surface area contributed by atoms with Crippen molar-refractivity contribution in [3.8, 4) is 0 Å². The van der Waals surface area contributed by atoms with Crippen LogP contribution in [0.15, 0.2) is 15.8 Å². The molecular weight excluding hydrogens is 224 g/mol. The van der Waals surface area contributed by atoms with Crippen molar-refractivity contribution >= 4 is 0 Å². The number of ether oxygens (including phenoxy) is 1. The molecule has 6 heteroatoms. The van der Waals surface area contributed by atoms with Gasteiger partial charge in [0.15, 0.2) is 0 Å². The van der Waals surface area contributed by atoms with Gasteiger partial charge in [0.25, 0.3) is 5.56 Å². The van der Waals surface area contributed by atoms with Gasteiger partial charge in [-0.1, -0.05) is 0 Å². The molecule has 2 atom stereocenters. The fraction of sp³-hybridized carbons (Fsp3) is 0.636. The van der Waals surface area contributed by atoms with Gasteiger partial charge in [0.2, 0.25) is 0 Å². The Morgan fingerprint density at radius 1 is 1.41 bits per heavy atom. The number of hydrogen-bond donors (Lipinski definition) is 1. The predicted octanol–water partition coefficient (Wildman–Crippen LogP) is -0.704. The number of aliphatic hydroxyl groups is 1. The lowest BCUT2D eigenvalue weighted by Crippen LogP contribution is -2.39. The second-order valence-corrected chi connectivity index (χ2v) is 4.35. The highest BCUT2D eigenvalue weighted by Gasteiger charge is 2.28. The van der Waals surface area contributed by atoms with E-state index in [1.807, 2.05) is 0 Å². The van der Waals surface area contributed by atoms with E-state index in [1.165, 1.54) is 17.8 Å². The van der Waals surface area contributed by atoms with Crippen LogP contribution in [0.2, 0.25) is 0 Å². The van der Waals surface area contributed by atoms with Gasteiger partial charge in [-0.05, 0) is 12.8 Å². The van der Waals surface area contributed by atoms with E-state index in [4.69, 9.17) is 9.84 Å². The van der Waals surface area contributed by atoms with E-state index in [2.05, 4.69) is 0 Å². The van der Waals surface area contributed by atoms with Crippen LogP contribution in [0.1, 0.15) is 24.5 Å². The maximum absolute atomic E-state index is 11.9. The molecule has 1 N–H and O–H groups in total. The maximum atomic E-state index is 11.9. The highest BCUT2D eigenvalue weighted by molar-refractivity contribution is 5.11. The van der Waals surface area contributed by atoms with Gasteiger partial charge in [0.05, 0.1) is 24.4 Å². The van der Waals surface area contributed by atoms with Crippen molar-refractivity contribution in [3.05, 3.63) is 32.6 Å². The Kier molecular flexibility index (Phi) is 3.17. The number of aliphatic hydroxyl groups excluding tert-OH is 1.